The largest absolute Gasteiger partial charge is 0.347 e. The smallest absolute Gasteiger partial charge is 0.274 e. The van der Waals surface area contributed by atoms with Crippen molar-refractivity contribution in [3.05, 3.63) is 76.2 Å². The van der Waals surface area contributed by atoms with Gasteiger partial charge in [0, 0.05) is 17.3 Å². The maximum atomic E-state index is 12.9. The van der Waals surface area contributed by atoms with Crippen LogP contribution in [0.1, 0.15) is 48.3 Å². The van der Waals surface area contributed by atoms with Gasteiger partial charge in [0.2, 0.25) is 0 Å². The van der Waals surface area contributed by atoms with Gasteiger partial charge in [0.25, 0.3) is 11.5 Å². The summed E-state index contributed by atoms with van der Waals surface area (Å²) in [5.74, 6) is 0.126. The molecular formula is C21H21N3O2. The fraction of sp³-hybridized carbons (Fsp3) is 0.286. The quantitative estimate of drug-likeness (QED) is 0.788. The Bertz CT molecular complexity index is 1020. The maximum Gasteiger partial charge on any atom is 0.274 e. The molecule has 1 aromatic heterocycles. The third kappa shape index (κ3) is 2.90. The standard InChI is InChI=1S/C21H21N3O2/c1-13(2)24-21(26)16-11-7-6-10-15(16)19(23-24)20(25)22-18-12-17(18)14-8-4-3-5-9-14/h3-11,13,17-18H,12H2,1-2H3,(H,22,25)/t17-,18-/m1/s1. The highest BCUT2D eigenvalue weighted by Gasteiger charge is 2.40. The number of benzene rings is 2. The van der Waals surface area contributed by atoms with Crippen molar-refractivity contribution in [3.63, 3.8) is 0 Å². The Hall–Kier alpha value is -2.95. The van der Waals surface area contributed by atoms with Gasteiger partial charge in [-0.15, -0.1) is 0 Å². The molecule has 3 aromatic rings. The van der Waals surface area contributed by atoms with Gasteiger partial charge >= 0.3 is 0 Å². The Morgan fingerprint density at radius 1 is 1.08 bits per heavy atom. The van der Waals surface area contributed by atoms with E-state index in [1.54, 1.807) is 12.1 Å². The number of carbonyl (C=O) groups is 1. The van der Waals surface area contributed by atoms with Crippen molar-refractivity contribution in [3.8, 4) is 0 Å². The van der Waals surface area contributed by atoms with Crippen LogP contribution in [-0.2, 0) is 0 Å². The molecular weight excluding hydrogens is 326 g/mol. The highest BCUT2D eigenvalue weighted by Crippen LogP contribution is 2.40. The van der Waals surface area contributed by atoms with Gasteiger partial charge in [0.15, 0.2) is 5.69 Å². The SMILES string of the molecule is CC(C)n1nc(C(=O)N[C@@H]2C[C@@H]2c2ccccc2)c2ccccc2c1=O. The molecule has 2 atom stereocenters. The number of fused-ring (bicyclic) bond motifs is 1. The maximum absolute atomic E-state index is 12.9. The van der Waals surface area contributed by atoms with Crippen molar-refractivity contribution >= 4 is 16.7 Å². The molecule has 0 radical (unpaired) electrons. The van der Waals surface area contributed by atoms with Gasteiger partial charge in [0.05, 0.1) is 11.4 Å². The summed E-state index contributed by atoms with van der Waals surface area (Å²) in [5, 5.41) is 8.58. The molecule has 5 heteroatoms. The average Bonchev–Trinajstić information content (AvgIpc) is 3.41. The van der Waals surface area contributed by atoms with Crippen LogP contribution in [0.25, 0.3) is 10.8 Å². The van der Waals surface area contributed by atoms with E-state index in [4.69, 9.17) is 0 Å². The molecule has 2 aromatic carbocycles. The van der Waals surface area contributed by atoms with Crippen LogP contribution in [0.3, 0.4) is 0 Å². The topological polar surface area (TPSA) is 64.0 Å². The summed E-state index contributed by atoms with van der Waals surface area (Å²) in [5.41, 5.74) is 1.39. The van der Waals surface area contributed by atoms with Gasteiger partial charge in [-0.1, -0.05) is 48.5 Å². The molecule has 1 aliphatic carbocycles. The molecule has 1 amide bonds. The normalized spacial score (nSPS) is 18.9. The molecule has 1 saturated carbocycles. The number of amides is 1. The van der Waals surface area contributed by atoms with Gasteiger partial charge in [-0.3, -0.25) is 9.59 Å². The fourth-order valence-electron chi connectivity index (χ4n) is 3.38. The molecule has 1 N–H and O–H groups in total. The zero-order chi connectivity index (χ0) is 18.3. The van der Waals surface area contributed by atoms with Crippen LogP contribution in [0.5, 0.6) is 0 Å². The molecule has 0 bridgehead atoms. The van der Waals surface area contributed by atoms with Crippen molar-refractivity contribution < 1.29 is 4.79 Å². The highest BCUT2D eigenvalue weighted by atomic mass is 16.2. The van der Waals surface area contributed by atoms with E-state index in [0.29, 0.717) is 22.4 Å². The Morgan fingerprint density at radius 2 is 1.73 bits per heavy atom. The summed E-state index contributed by atoms with van der Waals surface area (Å²) in [6.45, 7) is 3.77. The van der Waals surface area contributed by atoms with Crippen molar-refractivity contribution in [2.45, 2.75) is 38.3 Å². The lowest BCUT2D eigenvalue weighted by molar-refractivity contribution is 0.0944. The molecule has 132 valence electrons. The summed E-state index contributed by atoms with van der Waals surface area (Å²) >= 11 is 0. The van der Waals surface area contributed by atoms with E-state index in [1.807, 2.05) is 44.2 Å². The molecule has 1 aliphatic rings. The second-order valence-corrected chi connectivity index (χ2v) is 7.07. The van der Waals surface area contributed by atoms with Crippen molar-refractivity contribution in [1.82, 2.24) is 15.1 Å². The zero-order valence-electron chi connectivity index (χ0n) is 14.8. The van der Waals surface area contributed by atoms with E-state index in [2.05, 4.69) is 22.5 Å². The number of aromatic nitrogens is 2. The Labute approximate surface area is 151 Å². The third-order valence-corrected chi connectivity index (χ3v) is 4.87. The predicted octanol–water partition coefficient (Wildman–Crippen LogP) is 3.26. The molecule has 0 unspecified atom stereocenters. The van der Waals surface area contributed by atoms with Gasteiger partial charge in [-0.25, -0.2) is 4.68 Å². The minimum atomic E-state index is -0.223. The minimum absolute atomic E-state index is 0.114. The lowest BCUT2D eigenvalue weighted by Crippen LogP contribution is -2.32. The molecule has 0 aliphatic heterocycles. The molecule has 1 fully saturated rings. The Kier molecular flexibility index (Phi) is 4.07. The first-order valence-electron chi connectivity index (χ1n) is 8.93. The number of rotatable bonds is 4. The van der Waals surface area contributed by atoms with E-state index in [-0.39, 0.29) is 23.6 Å². The van der Waals surface area contributed by atoms with Crippen molar-refractivity contribution in [2.24, 2.45) is 0 Å². The molecule has 26 heavy (non-hydrogen) atoms. The summed E-state index contributed by atoms with van der Waals surface area (Å²) < 4.78 is 1.39. The van der Waals surface area contributed by atoms with E-state index in [9.17, 15) is 9.59 Å². The number of carbonyl (C=O) groups excluding carboxylic acids is 1. The Balaban J connectivity index is 1.65. The van der Waals surface area contributed by atoms with Crippen LogP contribution < -0.4 is 10.9 Å². The van der Waals surface area contributed by atoms with E-state index in [0.717, 1.165) is 6.42 Å². The average molecular weight is 347 g/mol. The fourth-order valence-corrected chi connectivity index (χ4v) is 3.38. The number of nitrogens with one attached hydrogen (secondary N) is 1. The molecule has 0 saturated heterocycles. The van der Waals surface area contributed by atoms with Crippen molar-refractivity contribution in [2.75, 3.05) is 0 Å². The second kappa shape index (κ2) is 6.41. The van der Waals surface area contributed by atoms with Crippen LogP contribution in [0.2, 0.25) is 0 Å². The van der Waals surface area contributed by atoms with E-state index < -0.39 is 0 Å². The van der Waals surface area contributed by atoms with E-state index in [1.165, 1.54) is 10.2 Å². The second-order valence-electron chi connectivity index (χ2n) is 7.07. The van der Waals surface area contributed by atoms with E-state index >= 15 is 0 Å². The van der Waals surface area contributed by atoms with Crippen LogP contribution in [0, 0.1) is 0 Å². The zero-order valence-corrected chi connectivity index (χ0v) is 14.8. The monoisotopic (exact) mass is 347 g/mol. The molecule has 1 heterocycles. The van der Waals surface area contributed by atoms with Gasteiger partial charge in [0.1, 0.15) is 0 Å². The summed E-state index contributed by atoms with van der Waals surface area (Å²) in [4.78, 5) is 25.5. The van der Waals surface area contributed by atoms with Crippen LogP contribution >= 0.6 is 0 Å². The first kappa shape index (κ1) is 16.5. The summed E-state index contributed by atoms with van der Waals surface area (Å²) in [7, 11) is 0. The summed E-state index contributed by atoms with van der Waals surface area (Å²) in [6, 6.07) is 17.4. The van der Waals surface area contributed by atoms with Crippen LogP contribution in [0.4, 0.5) is 0 Å². The number of nitrogens with zero attached hydrogens (tertiary/aromatic N) is 2. The van der Waals surface area contributed by atoms with Crippen molar-refractivity contribution in [1.29, 1.82) is 0 Å². The van der Waals surface area contributed by atoms with Gasteiger partial charge in [-0.2, -0.15) is 5.10 Å². The van der Waals surface area contributed by atoms with Gasteiger partial charge < -0.3 is 5.32 Å². The first-order valence-corrected chi connectivity index (χ1v) is 8.93. The van der Waals surface area contributed by atoms with Gasteiger partial charge in [-0.05, 0) is 31.9 Å². The lowest BCUT2D eigenvalue weighted by atomic mass is 10.1. The Morgan fingerprint density at radius 3 is 2.42 bits per heavy atom. The summed E-state index contributed by atoms with van der Waals surface area (Å²) in [6.07, 6.45) is 0.928. The predicted molar refractivity (Wildman–Crippen MR) is 101 cm³/mol. The number of hydrogen-bond acceptors (Lipinski definition) is 3. The van der Waals surface area contributed by atoms with Crippen LogP contribution in [0.15, 0.2) is 59.4 Å². The lowest BCUT2D eigenvalue weighted by Gasteiger charge is -2.13. The molecule has 4 rings (SSSR count). The highest BCUT2D eigenvalue weighted by molar-refractivity contribution is 6.05. The third-order valence-electron chi connectivity index (χ3n) is 4.87. The number of hydrogen-bond donors (Lipinski definition) is 1. The van der Waals surface area contributed by atoms with Crippen LogP contribution in [-0.4, -0.2) is 21.7 Å². The minimum Gasteiger partial charge on any atom is -0.347 e. The molecule has 5 nitrogen and oxygen atoms in total. The first-order chi connectivity index (χ1) is 12.6. The molecule has 0 spiro atoms.